The first-order valence-electron chi connectivity index (χ1n) is 9.23. The summed E-state index contributed by atoms with van der Waals surface area (Å²) in [5.74, 6) is 0.977. The van der Waals surface area contributed by atoms with E-state index < -0.39 is 0 Å². The van der Waals surface area contributed by atoms with Gasteiger partial charge in [-0.05, 0) is 32.4 Å². The van der Waals surface area contributed by atoms with Crippen LogP contribution in [0.25, 0.3) is 0 Å². The smallest absolute Gasteiger partial charge is 0.158 e. The van der Waals surface area contributed by atoms with Crippen LogP contribution in [-0.4, -0.2) is 54.6 Å². The zero-order chi connectivity index (χ0) is 17.9. The molecule has 1 fully saturated rings. The van der Waals surface area contributed by atoms with Gasteiger partial charge in [0.2, 0.25) is 0 Å². The number of nitrogens with zero attached hydrogens (tertiary/aromatic N) is 3. The van der Waals surface area contributed by atoms with Gasteiger partial charge in [0.1, 0.15) is 10.7 Å². The average Bonchev–Trinajstić information content (AvgIpc) is 2.94. The van der Waals surface area contributed by atoms with Crippen molar-refractivity contribution in [2.45, 2.75) is 26.3 Å². The number of para-hydroxylation sites is 2. The van der Waals surface area contributed by atoms with Gasteiger partial charge in [0.25, 0.3) is 0 Å². The molecule has 0 aliphatic carbocycles. The fourth-order valence-electron chi connectivity index (χ4n) is 3.43. The fraction of sp³-hybridized carbons (Fsp3) is 0.474. The Morgan fingerprint density at radius 3 is 3.12 bits per heavy atom. The molecular weight excluding hydrogens is 346 g/mol. The molecule has 0 saturated carbocycles. The van der Waals surface area contributed by atoms with Gasteiger partial charge in [-0.25, -0.2) is 9.98 Å². The summed E-state index contributed by atoms with van der Waals surface area (Å²) in [5, 5.41) is 9.26. The van der Waals surface area contributed by atoms with Gasteiger partial charge >= 0.3 is 0 Å². The Labute approximate surface area is 158 Å². The van der Waals surface area contributed by atoms with E-state index in [-0.39, 0.29) is 0 Å². The lowest BCUT2D eigenvalue weighted by molar-refractivity contribution is 0.128. The maximum atomic E-state index is 5.53. The molecule has 2 aliphatic rings. The predicted molar refractivity (Wildman–Crippen MR) is 107 cm³/mol. The molecule has 4 rings (SSSR count). The zero-order valence-electron chi connectivity index (χ0n) is 15.3. The van der Waals surface area contributed by atoms with E-state index in [0.29, 0.717) is 6.04 Å². The van der Waals surface area contributed by atoms with Crippen LogP contribution in [0.1, 0.15) is 24.0 Å². The molecule has 1 aromatic heterocycles. The van der Waals surface area contributed by atoms with E-state index in [0.717, 1.165) is 72.2 Å². The summed E-state index contributed by atoms with van der Waals surface area (Å²) in [6.45, 7) is 8.45. The third-order valence-corrected chi connectivity index (χ3v) is 5.58. The van der Waals surface area contributed by atoms with Crippen molar-refractivity contribution in [3.8, 4) is 0 Å². The number of nitrogens with one attached hydrogen (secondary N) is 2. The van der Waals surface area contributed by atoms with Crippen LogP contribution in [0.2, 0.25) is 0 Å². The van der Waals surface area contributed by atoms with Crippen LogP contribution < -0.4 is 10.6 Å². The zero-order valence-corrected chi connectivity index (χ0v) is 16.1. The standard InChI is InChI=1S/C19H25N5OS/c1-3-25-11-8-14-12-24(10-9-20-14)18-17-19(26-13(2)21-17)23-16-7-5-4-6-15(16)22-18/h4-7,14,20,23H,3,8-12H2,1-2H3. The van der Waals surface area contributed by atoms with Gasteiger partial charge in [0, 0.05) is 38.9 Å². The van der Waals surface area contributed by atoms with E-state index in [9.17, 15) is 0 Å². The largest absolute Gasteiger partial charge is 0.382 e. The molecule has 3 heterocycles. The molecule has 26 heavy (non-hydrogen) atoms. The molecular formula is C19H25N5OS. The third-order valence-electron chi connectivity index (χ3n) is 4.69. The summed E-state index contributed by atoms with van der Waals surface area (Å²) in [6.07, 6.45) is 1.01. The van der Waals surface area contributed by atoms with Gasteiger partial charge in [-0.1, -0.05) is 12.1 Å². The van der Waals surface area contributed by atoms with E-state index in [1.165, 1.54) is 0 Å². The Balaban J connectivity index is 1.64. The molecule has 6 nitrogen and oxygen atoms in total. The summed E-state index contributed by atoms with van der Waals surface area (Å²) in [7, 11) is 0. The van der Waals surface area contributed by atoms with E-state index >= 15 is 0 Å². The van der Waals surface area contributed by atoms with Crippen molar-refractivity contribution in [3.63, 3.8) is 0 Å². The van der Waals surface area contributed by atoms with Crippen LogP contribution in [0.4, 0.5) is 16.4 Å². The van der Waals surface area contributed by atoms with Gasteiger partial charge in [0.05, 0.1) is 16.4 Å². The van der Waals surface area contributed by atoms with Crippen LogP contribution in [0.3, 0.4) is 0 Å². The minimum absolute atomic E-state index is 0.410. The predicted octanol–water partition coefficient (Wildman–Crippen LogP) is 3.29. The Morgan fingerprint density at radius 2 is 2.23 bits per heavy atom. The van der Waals surface area contributed by atoms with Crippen LogP contribution >= 0.6 is 11.3 Å². The van der Waals surface area contributed by atoms with E-state index in [1.54, 1.807) is 11.3 Å². The minimum atomic E-state index is 0.410. The van der Waals surface area contributed by atoms with Crippen molar-refractivity contribution in [1.29, 1.82) is 0 Å². The van der Waals surface area contributed by atoms with Crippen molar-refractivity contribution in [2.24, 2.45) is 4.99 Å². The number of rotatable bonds is 4. The molecule has 1 saturated heterocycles. The van der Waals surface area contributed by atoms with Crippen LogP contribution in [0.5, 0.6) is 0 Å². The highest BCUT2D eigenvalue weighted by Gasteiger charge is 2.28. The highest BCUT2D eigenvalue weighted by atomic mass is 32.1. The van der Waals surface area contributed by atoms with E-state index in [1.807, 2.05) is 26.0 Å². The normalized spacial score (nSPS) is 19.2. The molecule has 2 aliphatic heterocycles. The number of piperazine rings is 1. The van der Waals surface area contributed by atoms with E-state index in [4.69, 9.17) is 14.7 Å². The van der Waals surface area contributed by atoms with Crippen molar-refractivity contribution < 1.29 is 4.74 Å². The summed E-state index contributed by atoms with van der Waals surface area (Å²) in [5.41, 5.74) is 2.97. The molecule has 0 bridgehead atoms. The molecule has 0 radical (unpaired) electrons. The Kier molecular flexibility index (Phi) is 5.19. The summed E-state index contributed by atoms with van der Waals surface area (Å²) in [4.78, 5) is 12.2. The Bertz CT molecular complexity index is 803. The number of benzene rings is 1. The maximum absolute atomic E-state index is 5.53. The van der Waals surface area contributed by atoms with Gasteiger partial charge in [-0.3, -0.25) is 0 Å². The molecule has 0 amide bonds. The molecule has 1 unspecified atom stereocenters. The molecule has 0 spiro atoms. The number of ether oxygens (including phenoxy) is 1. The van der Waals surface area contributed by atoms with Gasteiger partial charge in [-0.2, -0.15) is 0 Å². The first-order chi connectivity index (χ1) is 12.7. The lowest BCUT2D eigenvalue weighted by Gasteiger charge is -2.35. The molecule has 1 aromatic carbocycles. The van der Waals surface area contributed by atoms with Crippen molar-refractivity contribution >= 4 is 33.5 Å². The molecule has 138 valence electrons. The molecule has 1 atom stereocenters. The minimum Gasteiger partial charge on any atom is -0.382 e. The van der Waals surface area contributed by atoms with Crippen molar-refractivity contribution in [1.82, 2.24) is 15.2 Å². The average molecular weight is 372 g/mol. The van der Waals surface area contributed by atoms with Gasteiger partial charge in [0.15, 0.2) is 5.84 Å². The van der Waals surface area contributed by atoms with Crippen LogP contribution in [0, 0.1) is 6.92 Å². The first kappa shape index (κ1) is 17.5. The SMILES string of the molecule is CCOCCC1CN(C2=Nc3ccccc3Nc3sc(C)nc32)CCN1. The highest BCUT2D eigenvalue weighted by molar-refractivity contribution is 7.16. The maximum Gasteiger partial charge on any atom is 0.158 e. The Morgan fingerprint density at radius 1 is 1.35 bits per heavy atom. The fourth-order valence-corrected chi connectivity index (χ4v) is 4.26. The number of aromatic nitrogens is 1. The third kappa shape index (κ3) is 3.60. The number of aryl methyl sites for hydroxylation is 1. The van der Waals surface area contributed by atoms with Crippen LogP contribution in [-0.2, 0) is 4.74 Å². The summed E-state index contributed by atoms with van der Waals surface area (Å²) in [6, 6.07) is 8.60. The number of hydrogen-bond acceptors (Lipinski definition) is 7. The highest BCUT2D eigenvalue weighted by Crippen LogP contribution is 2.37. The summed E-state index contributed by atoms with van der Waals surface area (Å²) >= 11 is 1.69. The lowest BCUT2D eigenvalue weighted by Crippen LogP contribution is -2.53. The van der Waals surface area contributed by atoms with Gasteiger partial charge in [-0.15, -0.1) is 11.3 Å². The number of anilines is 2. The second kappa shape index (κ2) is 7.73. The molecule has 2 aromatic rings. The number of amidine groups is 1. The molecule has 7 heteroatoms. The lowest BCUT2D eigenvalue weighted by atomic mass is 10.1. The summed E-state index contributed by atoms with van der Waals surface area (Å²) < 4.78 is 5.53. The molecule has 2 N–H and O–H groups in total. The monoisotopic (exact) mass is 371 g/mol. The van der Waals surface area contributed by atoms with Crippen molar-refractivity contribution in [3.05, 3.63) is 35.0 Å². The van der Waals surface area contributed by atoms with Crippen LogP contribution in [0.15, 0.2) is 29.3 Å². The quantitative estimate of drug-likeness (QED) is 0.808. The van der Waals surface area contributed by atoms with Crippen molar-refractivity contribution in [2.75, 3.05) is 38.2 Å². The number of aliphatic imine (C=N–C) groups is 1. The first-order valence-corrected chi connectivity index (χ1v) is 10.0. The number of hydrogen-bond donors (Lipinski definition) is 2. The van der Waals surface area contributed by atoms with E-state index in [2.05, 4.69) is 27.7 Å². The van der Waals surface area contributed by atoms with Gasteiger partial charge < -0.3 is 20.3 Å². The second-order valence-electron chi connectivity index (χ2n) is 6.57. The topological polar surface area (TPSA) is 61.8 Å². The number of thiazole rings is 1. The second-order valence-corrected chi connectivity index (χ2v) is 7.77. The Hall–Kier alpha value is -1.96. The number of fused-ring (bicyclic) bond motifs is 2.